The van der Waals surface area contributed by atoms with E-state index in [9.17, 15) is 23.1 Å². The standard InChI is InChI=1S/C21H19F3N4O2/c22-21(23,24)14-7-5-13(6-8-14)17(11-28-9-2-10-28)27-19-15-3-1-4-16(20(29)30)18(15)25-12-26-19/h1,3-8,12,17H,2,9-11H2,(H,29,30)(H,25,26,27)/t17-/m1/s1. The molecule has 0 spiro atoms. The van der Waals surface area contributed by atoms with E-state index in [1.54, 1.807) is 12.1 Å². The molecule has 1 aliphatic rings. The van der Waals surface area contributed by atoms with Crippen LogP contribution in [0.2, 0.25) is 0 Å². The van der Waals surface area contributed by atoms with Crippen LogP contribution in [0.3, 0.4) is 0 Å². The molecule has 0 aliphatic carbocycles. The number of likely N-dealkylation sites (tertiary alicyclic amines) is 1. The number of carboxylic acids is 1. The summed E-state index contributed by atoms with van der Waals surface area (Å²) in [6, 6.07) is 9.55. The highest BCUT2D eigenvalue weighted by Gasteiger charge is 2.30. The SMILES string of the molecule is O=C(O)c1cccc2c(N[C@H](CN3CCC3)c3ccc(C(F)(F)F)cc3)ncnc12. The van der Waals surface area contributed by atoms with Gasteiger partial charge in [0.1, 0.15) is 12.1 Å². The van der Waals surface area contributed by atoms with Crippen molar-refractivity contribution in [2.24, 2.45) is 0 Å². The molecule has 2 N–H and O–H groups in total. The molecular weight excluding hydrogens is 397 g/mol. The molecule has 3 aromatic rings. The zero-order valence-corrected chi connectivity index (χ0v) is 15.9. The fourth-order valence-electron chi connectivity index (χ4n) is 3.50. The number of nitrogens with zero attached hydrogens (tertiary/aromatic N) is 3. The summed E-state index contributed by atoms with van der Waals surface area (Å²) < 4.78 is 38.8. The number of anilines is 1. The summed E-state index contributed by atoms with van der Waals surface area (Å²) in [5.74, 6) is -0.654. The molecule has 1 aromatic heterocycles. The van der Waals surface area contributed by atoms with E-state index in [4.69, 9.17) is 0 Å². The number of alkyl halides is 3. The smallest absolute Gasteiger partial charge is 0.416 e. The number of halogens is 3. The predicted octanol–water partition coefficient (Wildman–Crippen LogP) is 4.21. The molecule has 2 aromatic carbocycles. The van der Waals surface area contributed by atoms with Crippen LogP contribution in [0.1, 0.15) is 33.9 Å². The van der Waals surface area contributed by atoms with Gasteiger partial charge in [0.05, 0.1) is 22.7 Å². The molecule has 0 saturated carbocycles. The van der Waals surface area contributed by atoms with E-state index < -0.39 is 17.7 Å². The monoisotopic (exact) mass is 416 g/mol. The van der Waals surface area contributed by atoms with Crippen LogP contribution >= 0.6 is 0 Å². The lowest BCUT2D eigenvalue weighted by molar-refractivity contribution is -0.137. The van der Waals surface area contributed by atoms with Crippen molar-refractivity contribution in [2.75, 3.05) is 25.0 Å². The Bertz CT molecular complexity index is 1070. The average Bonchev–Trinajstić information content (AvgIpc) is 2.68. The van der Waals surface area contributed by atoms with E-state index >= 15 is 0 Å². The Morgan fingerprint density at radius 1 is 1.13 bits per heavy atom. The molecule has 0 amide bonds. The quantitative estimate of drug-likeness (QED) is 0.627. The van der Waals surface area contributed by atoms with Crippen LogP contribution in [-0.4, -0.2) is 45.6 Å². The fraction of sp³-hybridized carbons (Fsp3) is 0.286. The number of nitrogens with one attached hydrogen (secondary N) is 1. The van der Waals surface area contributed by atoms with Gasteiger partial charge in [-0.2, -0.15) is 13.2 Å². The number of carbonyl (C=O) groups is 1. The van der Waals surface area contributed by atoms with Crippen molar-refractivity contribution < 1.29 is 23.1 Å². The number of carboxylic acid groups (broad SMARTS) is 1. The molecule has 1 saturated heterocycles. The molecule has 0 unspecified atom stereocenters. The Morgan fingerprint density at radius 2 is 1.87 bits per heavy atom. The minimum Gasteiger partial charge on any atom is -0.478 e. The molecule has 30 heavy (non-hydrogen) atoms. The Morgan fingerprint density at radius 3 is 2.47 bits per heavy atom. The highest BCUT2D eigenvalue weighted by atomic mass is 19.4. The molecule has 4 rings (SSSR count). The second-order valence-electron chi connectivity index (χ2n) is 7.20. The van der Waals surface area contributed by atoms with Gasteiger partial charge in [-0.15, -0.1) is 0 Å². The summed E-state index contributed by atoms with van der Waals surface area (Å²) in [7, 11) is 0. The third-order valence-electron chi connectivity index (χ3n) is 5.24. The van der Waals surface area contributed by atoms with E-state index in [0.717, 1.165) is 31.6 Å². The summed E-state index contributed by atoms with van der Waals surface area (Å²) in [4.78, 5) is 22.1. The summed E-state index contributed by atoms with van der Waals surface area (Å²) in [5, 5.41) is 13.2. The first-order valence-corrected chi connectivity index (χ1v) is 9.46. The Balaban J connectivity index is 1.69. The van der Waals surface area contributed by atoms with Crippen molar-refractivity contribution in [2.45, 2.75) is 18.6 Å². The molecule has 9 heteroatoms. The lowest BCUT2D eigenvalue weighted by Gasteiger charge is -2.35. The first kappa shape index (κ1) is 20.1. The third kappa shape index (κ3) is 4.06. The lowest BCUT2D eigenvalue weighted by Crippen LogP contribution is -2.41. The van der Waals surface area contributed by atoms with E-state index in [-0.39, 0.29) is 11.6 Å². The zero-order valence-electron chi connectivity index (χ0n) is 15.9. The van der Waals surface area contributed by atoms with Crippen LogP contribution in [-0.2, 0) is 6.18 Å². The largest absolute Gasteiger partial charge is 0.478 e. The van der Waals surface area contributed by atoms with E-state index in [0.29, 0.717) is 28.8 Å². The molecule has 2 heterocycles. The summed E-state index contributed by atoms with van der Waals surface area (Å²) >= 11 is 0. The van der Waals surface area contributed by atoms with Gasteiger partial charge < -0.3 is 15.3 Å². The van der Waals surface area contributed by atoms with Gasteiger partial charge in [0, 0.05) is 11.9 Å². The second kappa shape index (κ2) is 7.91. The first-order valence-electron chi connectivity index (χ1n) is 9.46. The highest BCUT2D eigenvalue weighted by Crippen LogP contribution is 2.32. The van der Waals surface area contributed by atoms with Crippen molar-refractivity contribution in [1.82, 2.24) is 14.9 Å². The number of aromatic carboxylic acids is 1. The average molecular weight is 416 g/mol. The maximum Gasteiger partial charge on any atom is 0.416 e. The van der Waals surface area contributed by atoms with Crippen molar-refractivity contribution in [3.05, 3.63) is 65.5 Å². The van der Waals surface area contributed by atoms with E-state index in [2.05, 4.69) is 20.2 Å². The summed E-state index contributed by atoms with van der Waals surface area (Å²) in [5.41, 5.74) is 0.355. The molecule has 156 valence electrons. The van der Waals surface area contributed by atoms with Crippen molar-refractivity contribution in [3.8, 4) is 0 Å². The number of para-hydroxylation sites is 1. The summed E-state index contributed by atoms with van der Waals surface area (Å²) in [6.07, 6.45) is -2.03. The van der Waals surface area contributed by atoms with Gasteiger partial charge in [-0.3, -0.25) is 0 Å². The van der Waals surface area contributed by atoms with Gasteiger partial charge in [-0.25, -0.2) is 14.8 Å². The van der Waals surface area contributed by atoms with Crippen LogP contribution in [0.15, 0.2) is 48.8 Å². The topological polar surface area (TPSA) is 78.4 Å². The second-order valence-corrected chi connectivity index (χ2v) is 7.20. The fourth-order valence-corrected chi connectivity index (χ4v) is 3.50. The van der Waals surface area contributed by atoms with Crippen molar-refractivity contribution >= 4 is 22.7 Å². The Kier molecular flexibility index (Phi) is 5.29. The molecule has 6 nitrogen and oxygen atoms in total. The third-order valence-corrected chi connectivity index (χ3v) is 5.24. The van der Waals surface area contributed by atoms with Crippen LogP contribution in [0.25, 0.3) is 10.9 Å². The lowest BCUT2D eigenvalue weighted by atomic mass is 10.0. The zero-order chi connectivity index (χ0) is 21.3. The number of hydrogen-bond donors (Lipinski definition) is 2. The predicted molar refractivity (Wildman–Crippen MR) is 105 cm³/mol. The number of fused-ring (bicyclic) bond motifs is 1. The van der Waals surface area contributed by atoms with Gasteiger partial charge in [-0.1, -0.05) is 18.2 Å². The van der Waals surface area contributed by atoms with Crippen LogP contribution in [0, 0.1) is 0 Å². The number of hydrogen-bond acceptors (Lipinski definition) is 5. The normalized spacial score (nSPS) is 15.6. The van der Waals surface area contributed by atoms with Crippen LogP contribution in [0.4, 0.5) is 19.0 Å². The van der Waals surface area contributed by atoms with Crippen molar-refractivity contribution in [1.29, 1.82) is 0 Å². The van der Waals surface area contributed by atoms with E-state index in [1.165, 1.54) is 24.5 Å². The molecule has 0 radical (unpaired) electrons. The number of aromatic nitrogens is 2. The van der Waals surface area contributed by atoms with Crippen LogP contribution in [0.5, 0.6) is 0 Å². The summed E-state index contributed by atoms with van der Waals surface area (Å²) in [6.45, 7) is 2.44. The Labute approximate surface area is 170 Å². The number of benzene rings is 2. The van der Waals surface area contributed by atoms with Gasteiger partial charge in [-0.05, 0) is 49.3 Å². The van der Waals surface area contributed by atoms with Crippen LogP contribution < -0.4 is 5.32 Å². The highest BCUT2D eigenvalue weighted by molar-refractivity contribution is 6.04. The maximum absolute atomic E-state index is 12.9. The molecule has 1 atom stereocenters. The first-order chi connectivity index (χ1) is 14.3. The molecular formula is C21H19F3N4O2. The number of rotatable bonds is 6. The van der Waals surface area contributed by atoms with Gasteiger partial charge >= 0.3 is 12.1 Å². The minimum absolute atomic E-state index is 0.0618. The van der Waals surface area contributed by atoms with Gasteiger partial charge in [0.25, 0.3) is 0 Å². The molecule has 1 aliphatic heterocycles. The van der Waals surface area contributed by atoms with Crippen molar-refractivity contribution in [3.63, 3.8) is 0 Å². The molecule has 0 bridgehead atoms. The van der Waals surface area contributed by atoms with Gasteiger partial charge in [0.2, 0.25) is 0 Å². The van der Waals surface area contributed by atoms with Gasteiger partial charge in [0.15, 0.2) is 0 Å². The van der Waals surface area contributed by atoms with E-state index in [1.807, 2.05) is 0 Å². The Hall–Kier alpha value is -3.20. The molecule has 1 fully saturated rings. The maximum atomic E-state index is 12.9. The minimum atomic E-state index is -4.39.